The van der Waals surface area contributed by atoms with Crippen LogP contribution in [0.1, 0.15) is 22.3 Å². The van der Waals surface area contributed by atoms with Crippen LogP contribution in [-0.2, 0) is 16.4 Å². The van der Waals surface area contributed by atoms with E-state index in [-0.39, 0.29) is 23.5 Å². The molecule has 104 valence electrons. The lowest BCUT2D eigenvalue weighted by atomic mass is 10.1. The molecule has 1 amide bonds. The summed E-state index contributed by atoms with van der Waals surface area (Å²) in [6.45, 7) is 0.378. The van der Waals surface area contributed by atoms with Crippen molar-refractivity contribution < 1.29 is 13.2 Å². The van der Waals surface area contributed by atoms with E-state index >= 15 is 0 Å². The number of carbonyl (C=O) groups excluding carboxylic acids is 1. The van der Waals surface area contributed by atoms with Crippen LogP contribution in [0, 0.1) is 0 Å². The molecule has 0 radical (unpaired) electrons. The summed E-state index contributed by atoms with van der Waals surface area (Å²) < 4.78 is 22.9. The van der Waals surface area contributed by atoms with Crippen LogP contribution >= 0.6 is 0 Å². The van der Waals surface area contributed by atoms with Crippen molar-refractivity contribution in [2.24, 2.45) is 5.73 Å². The molecule has 19 heavy (non-hydrogen) atoms. The van der Waals surface area contributed by atoms with Gasteiger partial charge in [-0.1, -0.05) is 12.1 Å². The van der Waals surface area contributed by atoms with Crippen LogP contribution in [0.25, 0.3) is 0 Å². The van der Waals surface area contributed by atoms with E-state index in [0.717, 1.165) is 5.56 Å². The average Bonchev–Trinajstić information content (AvgIpc) is 2.77. The second kappa shape index (κ2) is 5.30. The first-order valence-electron chi connectivity index (χ1n) is 6.19. The number of benzene rings is 1. The Labute approximate surface area is 113 Å². The quantitative estimate of drug-likeness (QED) is 0.870. The van der Waals surface area contributed by atoms with Gasteiger partial charge in [-0.15, -0.1) is 0 Å². The molecule has 0 aliphatic carbocycles. The van der Waals surface area contributed by atoms with Gasteiger partial charge in [0.2, 0.25) is 0 Å². The SMILES string of the molecule is CN(C(=O)c1cccc(CN)c1)C1CCS(=O)(=O)C1. The second-order valence-corrected chi connectivity index (χ2v) is 7.11. The molecule has 1 unspecified atom stereocenters. The highest BCUT2D eigenvalue weighted by Gasteiger charge is 2.32. The molecule has 5 nitrogen and oxygen atoms in total. The Morgan fingerprint density at radius 1 is 1.47 bits per heavy atom. The first-order valence-corrected chi connectivity index (χ1v) is 8.01. The molecule has 0 spiro atoms. The van der Waals surface area contributed by atoms with E-state index in [1.54, 1.807) is 25.2 Å². The fourth-order valence-corrected chi connectivity index (χ4v) is 4.06. The zero-order valence-corrected chi connectivity index (χ0v) is 11.7. The van der Waals surface area contributed by atoms with Gasteiger partial charge in [0.05, 0.1) is 11.5 Å². The van der Waals surface area contributed by atoms with Crippen LogP contribution in [0.2, 0.25) is 0 Å². The molecule has 1 fully saturated rings. The minimum absolute atomic E-state index is 0.0613. The van der Waals surface area contributed by atoms with Gasteiger partial charge in [-0.3, -0.25) is 4.79 Å². The van der Waals surface area contributed by atoms with Crippen molar-refractivity contribution in [2.45, 2.75) is 19.0 Å². The number of sulfone groups is 1. The Balaban J connectivity index is 2.15. The summed E-state index contributed by atoms with van der Waals surface area (Å²) in [5, 5.41) is 0. The third kappa shape index (κ3) is 3.13. The first kappa shape index (κ1) is 14.0. The van der Waals surface area contributed by atoms with Gasteiger partial charge in [-0.05, 0) is 24.1 Å². The lowest BCUT2D eigenvalue weighted by Gasteiger charge is -2.23. The molecular weight excluding hydrogens is 264 g/mol. The van der Waals surface area contributed by atoms with Crippen molar-refractivity contribution in [2.75, 3.05) is 18.6 Å². The summed E-state index contributed by atoms with van der Waals surface area (Å²) in [5.41, 5.74) is 6.99. The van der Waals surface area contributed by atoms with Crippen LogP contribution < -0.4 is 5.73 Å². The fraction of sp³-hybridized carbons (Fsp3) is 0.462. The summed E-state index contributed by atoms with van der Waals surface area (Å²) in [7, 11) is -1.33. The molecule has 0 aromatic heterocycles. The Bertz CT molecular complexity index is 583. The number of hydrogen-bond donors (Lipinski definition) is 1. The fourth-order valence-electron chi connectivity index (χ4n) is 2.28. The van der Waals surface area contributed by atoms with Crippen molar-refractivity contribution >= 4 is 15.7 Å². The molecule has 6 heteroatoms. The van der Waals surface area contributed by atoms with Gasteiger partial charge in [0.15, 0.2) is 9.84 Å². The van der Waals surface area contributed by atoms with Crippen LogP contribution in [0.3, 0.4) is 0 Å². The highest BCUT2D eigenvalue weighted by Crippen LogP contribution is 2.18. The summed E-state index contributed by atoms with van der Waals surface area (Å²) in [6, 6.07) is 6.90. The average molecular weight is 282 g/mol. The van der Waals surface area contributed by atoms with Crippen molar-refractivity contribution in [3.63, 3.8) is 0 Å². The van der Waals surface area contributed by atoms with Crippen molar-refractivity contribution in [3.05, 3.63) is 35.4 Å². The molecule has 1 saturated heterocycles. The molecule has 2 N–H and O–H groups in total. The van der Waals surface area contributed by atoms with E-state index in [1.807, 2.05) is 6.07 Å². The largest absolute Gasteiger partial charge is 0.338 e. The number of amides is 1. The maximum Gasteiger partial charge on any atom is 0.253 e. The maximum absolute atomic E-state index is 12.3. The van der Waals surface area contributed by atoms with E-state index in [0.29, 0.717) is 18.5 Å². The van der Waals surface area contributed by atoms with Gasteiger partial charge in [0, 0.05) is 25.2 Å². The van der Waals surface area contributed by atoms with E-state index in [4.69, 9.17) is 5.73 Å². The van der Waals surface area contributed by atoms with Crippen molar-refractivity contribution in [1.29, 1.82) is 0 Å². The second-order valence-electron chi connectivity index (χ2n) is 4.88. The van der Waals surface area contributed by atoms with Gasteiger partial charge in [0.25, 0.3) is 5.91 Å². The number of nitrogens with zero attached hydrogens (tertiary/aromatic N) is 1. The highest BCUT2D eigenvalue weighted by atomic mass is 32.2. The minimum Gasteiger partial charge on any atom is -0.338 e. The maximum atomic E-state index is 12.3. The Morgan fingerprint density at radius 3 is 2.79 bits per heavy atom. The van der Waals surface area contributed by atoms with Crippen molar-refractivity contribution in [1.82, 2.24) is 4.90 Å². The predicted octanol–water partition coefficient (Wildman–Crippen LogP) is 0.404. The zero-order chi connectivity index (χ0) is 14.0. The predicted molar refractivity (Wildman–Crippen MR) is 73.5 cm³/mol. The lowest BCUT2D eigenvalue weighted by Crippen LogP contribution is -2.37. The molecule has 1 aliphatic heterocycles. The van der Waals surface area contributed by atoms with Gasteiger partial charge < -0.3 is 10.6 Å². The standard InChI is InChI=1S/C13H18N2O3S/c1-15(12-5-6-19(17,18)9-12)13(16)11-4-2-3-10(7-11)8-14/h2-4,7,12H,5-6,8-9,14H2,1H3. The molecule has 1 aromatic rings. The first-order chi connectivity index (χ1) is 8.93. The Kier molecular flexibility index (Phi) is 3.91. The van der Waals surface area contributed by atoms with Crippen LogP contribution in [0.4, 0.5) is 0 Å². The zero-order valence-electron chi connectivity index (χ0n) is 10.9. The summed E-state index contributed by atoms with van der Waals surface area (Å²) in [4.78, 5) is 13.8. The summed E-state index contributed by atoms with van der Waals surface area (Å²) in [5.74, 6) is 0.0710. The van der Waals surface area contributed by atoms with E-state index in [9.17, 15) is 13.2 Å². The van der Waals surface area contributed by atoms with Gasteiger partial charge in [0.1, 0.15) is 0 Å². The summed E-state index contributed by atoms with van der Waals surface area (Å²) >= 11 is 0. The number of nitrogens with two attached hydrogens (primary N) is 1. The molecule has 1 heterocycles. The van der Waals surface area contributed by atoms with E-state index in [1.165, 1.54) is 4.90 Å². The normalized spacial score (nSPS) is 21.3. The molecular formula is C13H18N2O3S. The van der Waals surface area contributed by atoms with Gasteiger partial charge in [-0.25, -0.2) is 8.42 Å². The number of rotatable bonds is 3. The molecule has 0 bridgehead atoms. The van der Waals surface area contributed by atoms with Crippen LogP contribution in [0.5, 0.6) is 0 Å². The molecule has 1 aliphatic rings. The van der Waals surface area contributed by atoms with Crippen LogP contribution in [0.15, 0.2) is 24.3 Å². The van der Waals surface area contributed by atoms with E-state index in [2.05, 4.69) is 0 Å². The number of carbonyl (C=O) groups is 1. The minimum atomic E-state index is -2.98. The third-order valence-corrected chi connectivity index (χ3v) is 5.24. The summed E-state index contributed by atoms with van der Waals surface area (Å²) in [6.07, 6.45) is 0.515. The van der Waals surface area contributed by atoms with Gasteiger partial charge >= 0.3 is 0 Å². The highest BCUT2D eigenvalue weighted by molar-refractivity contribution is 7.91. The topological polar surface area (TPSA) is 80.5 Å². The smallest absolute Gasteiger partial charge is 0.253 e. The third-order valence-electron chi connectivity index (χ3n) is 3.49. The molecule has 1 atom stereocenters. The molecule has 2 rings (SSSR count). The molecule has 0 saturated carbocycles. The number of hydrogen-bond acceptors (Lipinski definition) is 4. The van der Waals surface area contributed by atoms with Crippen LogP contribution in [-0.4, -0.2) is 43.8 Å². The van der Waals surface area contributed by atoms with Gasteiger partial charge in [-0.2, -0.15) is 0 Å². The monoisotopic (exact) mass is 282 g/mol. The Morgan fingerprint density at radius 2 is 2.21 bits per heavy atom. The Hall–Kier alpha value is -1.40. The lowest BCUT2D eigenvalue weighted by molar-refractivity contribution is 0.0747. The van der Waals surface area contributed by atoms with E-state index < -0.39 is 9.84 Å². The van der Waals surface area contributed by atoms with Crippen molar-refractivity contribution in [3.8, 4) is 0 Å². The molecule has 1 aromatic carbocycles.